The zero-order valence-electron chi connectivity index (χ0n) is 12.0. The molecule has 1 aromatic rings. The van der Waals surface area contributed by atoms with Crippen LogP contribution in [0.5, 0.6) is 0 Å². The summed E-state index contributed by atoms with van der Waals surface area (Å²) in [5, 5.41) is 0. The van der Waals surface area contributed by atoms with Crippen molar-refractivity contribution < 1.29 is 14.3 Å². The van der Waals surface area contributed by atoms with Crippen LogP contribution in [-0.4, -0.2) is 18.4 Å². The van der Waals surface area contributed by atoms with Crippen molar-refractivity contribution in [2.45, 2.75) is 51.4 Å². The molecule has 3 nitrogen and oxygen atoms in total. The Labute approximate surface area is 120 Å². The van der Waals surface area contributed by atoms with Crippen molar-refractivity contribution in [1.82, 2.24) is 0 Å². The van der Waals surface area contributed by atoms with E-state index in [0.29, 0.717) is 5.56 Å². The highest BCUT2D eigenvalue weighted by atomic mass is 16.7. The molecule has 0 radical (unpaired) electrons. The lowest BCUT2D eigenvalue weighted by molar-refractivity contribution is -0.137. The topological polar surface area (TPSA) is 35.5 Å². The molecule has 0 bridgehead atoms. The standard InChI is InChI=1S/C17H22O3/c1-3-14-9-7-8-12-16(14)17(18)20-13(2)19-15-10-5-4-6-11-15/h3,7-9,12-13,15H,1,4-6,10-11H2,2H3. The molecule has 0 amide bonds. The van der Waals surface area contributed by atoms with Gasteiger partial charge in [0.2, 0.25) is 6.29 Å². The van der Waals surface area contributed by atoms with Crippen LogP contribution in [0, 0.1) is 0 Å². The zero-order chi connectivity index (χ0) is 14.4. The Balaban J connectivity index is 1.91. The smallest absolute Gasteiger partial charge is 0.341 e. The van der Waals surface area contributed by atoms with Crippen LogP contribution < -0.4 is 0 Å². The zero-order valence-corrected chi connectivity index (χ0v) is 12.0. The van der Waals surface area contributed by atoms with E-state index >= 15 is 0 Å². The molecule has 1 aliphatic carbocycles. The van der Waals surface area contributed by atoms with Crippen LogP contribution >= 0.6 is 0 Å². The van der Waals surface area contributed by atoms with Gasteiger partial charge in [-0.15, -0.1) is 0 Å². The van der Waals surface area contributed by atoms with E-state index in [1.165, 1.54) is 19.3 Å². The van der Waals surface area contributed by atoms with Gasteiger partial charge < -0.3 is 9.47 Å². The fourth-order valence-electron chi connectivity index (χ4n) is 2.58. The highest BCUT2D eigenvalue weighted by Crippen LogP contribution is 2.22. The van der Waals surface area contributed by atoms with Crippen LogP contribution in [0.3, 0.4) is 0 Å². The highest BCUT2D eigenvalue weighted by molar-refractivity contribution is 5.93. The number of rotatable bonds is 5. The van der Waals surface area contributed by atoms with Crippen molar-refractivity contribution in [1.29, 1.82) is 0 Å². The van der Waals surface area contributed by atoms with Gasteiger partial charge in [-0.3, -0.25) is 0 Å². The Bertz CT molecular complexity index is 461. The molecule has 1 unspecified atom stereocenters. The van der Waals surface area contributed by atoms with E-state index in [4.69, 9.17) is 9.47 Å². The summed E-state index contributed by atoms with van der Waals surface area (Å²) < 4.78 is 11.2. The first-order chi connectivity index (χ1) is 9.70. The molecule has 108 valence electrons. The van der Waals surface area contributed by atoms with Crippen molar-refractivity contribution >= 4 is 12.0 Å². The first-order valence-corrected chi connectivity index (χ1v) is 7.28. The van der Waals surface area contributed by atoms with Crippen molar-refractivity contribution in [3.05, 3.63) is 42.0 Å². The van der Waals surface area contributed by atoms with Gasteiger partial charge in [0.1, 0.15) is 0 Å². The third-order valence-corrected chi connectivity index (χ3v) is 3.61. The Morgan fingerprint density at radius 3 is 2.70 bits per heavy atom. The molecule has 1 fully saturated rings. The number of hydrogen-bond donors (Lipinski definition) is 0. The number of esters is 1. The average molecular weight is 274 g/mol. The molecule has 0 N–H and O–H groups in total. The maximum atomic E-state index is 12.1. The third-order valence-electron chi connectivity index (χ3n) is 3.61. The third kappa shape index (κ3) is 3.94. The monoisotopic (exact) mass is 274 g/mol. The van der Waals surface area contributed by atoms with Gasteiger partial charge in [-0.05, 0) is 31.4 Å². The van der Waals surface area contributed by atoms with E-state index < -0.39 is 6.29 Å². The maximum absolute atomic E-state index is 12.1. The molecule has 1 aromatic carbocycles. The summed E-state index contributed by atoms with van der Waals surface area (Å²) in [6.07, 6.45) is 7.17. The van der Waals surface area contributed by atoms with Gasteiger partial charge in [-0.25, -0.2) is 4.79 Å². The Morgan fingerprint density at radius 2 is 2.00 bits per heavy atom. The van der Waals surface area contributed by atoms with Crippen LogP contribution in [0.25, 0.3) is 6.08 Å². The quantitative estimate of drug-likeness (QED) is 0.597. The van der Waals surface area contributed by atoms with Crippen molar-refractivity contribution in [3.63, 3.8) is 0 Å². The van der Waals surface area contributed by atoms with Gasteiger partial charge in [0.25, 0.3) is 0 Å². The summed E-state index contributed by atoms with van der Waals surface area (Å²) in [6, 6.07) is 7.27. The Morgan fingerprint density at radius 1 is 1.30 bits per heavy atom. The molecule has 1 aliphatic rings. The molecule has 2 rings (SSSR count). The summed E-state index contributed by atoms with van der Waals surface area (Å²) in [4.78, 5) is 12.1. The predicted octanol–water partition coefficient (Wildman–Crippen LogP) is 4.18. The van der Waals surface area contributed by atoms with Gasteiger partial charge >= 0.3 is 5.97 Å². The summed E-state index contributed by atoms with van der Waals surface area (Å²) >= 11 is 0. The summed E-state index contributed by atoms with van der Waals surface area (Å²) in [5.74, 6) is -0.358. The number of carbonyl (C=O) groups excluding carboxylic acids is 1. The second kappa shape index (κ2) is 7.25. The van der Waals surface area contributed by atoms with E-state index in [1.807, 2.05) is 18.2 Å². The second-order valence-corrected chi connectivity index (χ2v) is 5.16. The van der Waals surface area contributed by atoms with Crippen molar-refractivity contribution in [2.24, 2.45) is 0 Å². The van der Waals surface area contributed by atoms with Gasteiger partial charge in [-0.1, -0.05) is 50.1 Å². The molecule has 1 saturated carbocycles. The minimum absolute atomic E-state index is 0.223. The van der Waals surface area contributed by atoms with Gasteiger partial charge in [0, 0.05) is 0 Å². The molecule has 0 aromatic heterocycles. The van der Waals surface area contributed by atoms with E-state index in [9.17, 15) is 4.79 Å². The van der Waals surface area contributed by atoms with Crippen LogP contribution in [0.1, 0.15) is 54.9 Å². The van der Waals surface area contributed by atoms with E-state index in [1.54, 1.807) is 19.1 Å². The SMILES string of the molecule is C=Cc1ccccc1C(=O)OC(C)OC1CCCCC1. The number of hydrogen-bond acceptors (Lipinski definition) is 3. The second-order valence-electron chi connectivity index (χ2n) is 5.16. The highest BCUT2D eigenvalue weighted by Gasteiger charge is 2.20. The first kappa shape index (κ1) is 14.8. The number of carbonyl (C=O) groups is 1. The fraction of sp³-hybridized carbons (Fsp3) is 0.471. The summed E-state index contributed by atoms with van der Waals surface area (Å²) in [5.41, 5.74) is 1.31. The Kier molecular flexibility index (Phi) is 5.36. The molecule has 3 heteroatoms. The van der Waals surface area contributed by atoms with Gasteiger partial charge in [0.05, 0.1) is 11.7 Å². The molecule has 0 spiro atoms. The lowest BCUT2D eigenvalue weighted by Gasteiger charge is -2.25. The molecule has 20 heavy (non-hydrogen) atoms. The number of benzene rings is 1. The molecule has 0 heterocycles. The molecule has 1 atom stereocenters. The molecular formula is C17H22O3. The fourth-order valence-corrected chi connectivity index (χ4v) is 2.58. The van der Waals surface area contributed by atoms with E-state index in [0.717, 1.165) is 18.4 Å². The molecule has 0 saturated heterocycles. The summed E-state index contributed by atoms with van der Waals surface area (Å²) in [7, 11) is 0. The van der Waals surface area contributed by atoms with Crippen LogP contribution in [0.15, 0.2) is 30.8 Å². The first-order valence-electron chi connectivity index (χ1n) is 7.28. The van der Waals surface area contributed by atoms with Crippen LogP contribution in [-0.2, 0) is 9.47 Å². The largest absolute Gasteiger partial charge is 0.432 e. The Hall–Kier alpha value is -1.61. The van der Waals surface area contributed by atoms with Crippen molar-refractivity contribution in [3.8, 4) is 0 Å². The maximum Gasteiger partial charge on any atom is 0.341 e. The average Bonchev–Trinajstić information content (AvgIpc) is 2.48. The summed E-state index contributed by atoms with van der Waals surface area (Å²) in [6.45, 7) is 5.49. The van der Waals surface area contributed by atoms with Crippen LogP contribution in [0.2, 0.25) is 0 Å². The van der Waals surface area contributed by atoms with Crippen molar-refractivity contribution in [2.75, 3.05) is 0 Å². The predicted molar refractivity (Wildman–Crippen MR) is 79.4 cm³/mol. The normalized spacial score (nSPS) is 17.4. The minimum atomic E-state index is -0.511. The van der Waals surface area contributed by atoms with Gasteiger partial charge in [0.15, 0.2) is 0 Å². The van der Waals surface area contributed by atoms with Gasteiger partial charge in [-0.2, -0.15) is 0 Å². The van der Waals surface area contributed by atoms with Crippen LogP contribution in [0.4, 0.5) is 0 Å². The van der Waals surface area contributed by atoms with E-state index in [2.05, 4.69) is 6.58 Å². The lowest BCUT2D eigenvalue weighted by Crippen LogP contribution is -2.26. The molecular weight excluding hydrogens is 252 g/mol. The van der Waals surface area contributed by atoms with E-state index in [-0.39, 0.29) is 12.1 Å². The lowest BCUT2D eigenvalue weighted by atomic mass is 9.98. The molecule has 0 aliphatic heterocycles. The minimum Gasteiger partial charge on any atom is -0.432 e. The number of ether oxygens (including phenoxy) is 2.